The van der Waals surface area contributed by atoms with Gasteiger partial charge in [-0.15, -0.1) is 0 Å². The summed E-state index contributed by atoms with van der Waals surface area (Å²) in [6.45, 7) is 6.21. The molecule has 0 aliphatic carbocycles. The summed E-state index contributed by atoms with van der Waals surface area (Å²) < 4.78 is 0. The summed E-state index contributed by atoms with van der Waals surface area (Å²) in [5.41, 5.74) is 11.3. The quantitative estimate of drug-likeness (QED) is 0.876. The van der Waals surface area contributed by atoms with Gasteiger partial charge in [-0.3, -0.25) is 0 Å². The van der Waals surface area contributed by atoms with E-state index in [1.165, 1.54) is 11.1 Å². The number of aryl methyl sites for hydroxylation is 3. The molecule has 94 valence electrons. The predicted octanol–water partition coefficient (Wildman–Crippen LogP) is 3.36. The molecule has 3 heteroatoms. The van der Waals surface area contributed by atoms with Crippen molar-refractivity contribution in [3.63, 3.8) is 0 Å². The number of benzene rings is 1. The summed E-state index contributed by atoms with van der Waals surface area (Å²) in [7, 11) is 2.02. The molecule has 0 saturated carbocycles. The molecule has 1 aromatic carbocycles. The average Bonchev–Trinajstić information content (AvgIpc) is 2.32. The fourth-order valence-corrected chi connectivity index (χ4v) is 2.04. The Morgan fingerprint density at radius 3 is 2.39 bits per heavy atom. The minimum absolute atomic E-state index is 0.729. The van der Waals surface area contributed by atoms with Gasteiger partial charge in [-0.2, -0.15) is 0 Å². The van der Waals surface area contributed by atoms with E-state index in [1.807, 2.05) is 20.0 Å². The summed E-state index contributed by atoms with van der Waals surface area (Å²) in [4.78, 5) is 6.46. The number of hydrogen-bond donors (Lipinski definition) is 1. The zero-order chi connectivity index (χ0) is 13.3. The standard InChI is InChI=1S/C15H19N3/c1-10-5-6-14(12(3)7-10)18(4)15-8-11(2)13(16)9-17-15/h5-9H,16H2,1-4H3. The van der Waals surface area contributed by atoms with Crippen LogP contribution in [0.25, 0.3) is 0 Å². The van der Waals surface area contributed by atoms with E-state index in [4.69, 9.17) is 5.73 Å². The van der Waals surface area contributed by atoms with Gasteiger partial charge in [0.1, 0.15) is 5.82 Å². The summed E-state index contributed by atoms with van der Waals surface area (Å²) in [5, 5.41) is 0. The molecule has 0 bridgehead atoms. The minimum atomic E-state index is 0.729. The van der Waals surface area contributed by atoms with Gasteiger partial charge >= 0.3 is 0 Å². The van der Waals surface area contributed by atoms with Gasteiger partial charge in [-0.1, -0.05) is 17.7 Å². The van der Waals surface area contributed by atoms with Gasteiger partial charge in [0.25, 0.3) is 0 Å². The Labute approximate surface area is 108 Å². The van der Waals surface area contributed by atoms with Gasteiger partial charge in [0, 0.05) is 12.7 Å². The second-order valence-electron chi connectivity index (χ2n) is 4.75. The van der Waals surface area contributed by atoms with Crippen LogP contribution in [0, 0.1) is 20.8 Å². The monoisotopic (exact) mass is 241 g/mol. The Morgan fingerprint density at radius 1 is 1.06 bits per heavy atom. The maximum Gasteiger partial charge on any atom is 0.133 e. The van der Waals surface area contributed by atoms with Gasteiger partial charge in [0.05, 0.1) is 11.9 Å². The third-order valence-corrected chi connectivity index (χ3v) is 3.19. The molecule has 0 saturated heterocycles. The largest absolute Gasteiger partial charge is 0.397 e. The highest BCUT2D eigenvalue weighted by Crippen LogP contribution is 2.27. The highest BCUT2D eigenvalue weighted by Gasteiger charge is 2.09. The lowest BCUT2D eigenvalue weighted by Gasteiger charge is -2.21. The number of hydrogen-bond acceptors (Lipinski definition) is 3. The topological polar surface area (TPSA) is 42.1 Å². The van der Waals surface area contributed by atoms with E-state index in [2.05, 4.69) is 41.9 Å². The first-order valence-corrected chi connectivity index (χ1v) is 6.02. The second-order valence-corrected chi connectivity index (χ2v) is 4.75. The van der Waals surface area contributed by atoms with Gasteiger partial charge in [-0.05, 0) is 44.0 Å². The van der Waals surface area contributed by atoms with E-state index in [9.17, 15) is 0 Å². The molecule has 2 aromatic rings. The molecular weight excluding hydrogens is 222 g/mol. The molecule has 0 fully saturated rings. The van der Waals surface area contributed by atoms with E-state index in [0.717, 1.165) is 22.8 Å². The summed E-state index contributed by atoms with van der Waals surface area (Å²) in [5.74, 6) is 0.911. The number of aromatic nitrogens is 1. The molecule has 0 unspecified atom stereocenters. The maximum atomic E-state index is 5.80. The first kappa shape index (κ1) is 12.4. The van der Waals surface area contributed by atoms with Crippen molar-refractivity contribution in [1.29, 1.82) is 0 Å². The van der Waals surface area contributed by atoms with Crippen molar-refractivity contribution in [3.8, 4) is 0 Å². The fraction of sp³-hybridized carbons (Fsp3) is 0.267. The Morgan fingerprint density at radius 2 is 1.78 bits per heavy atom. The Bertz CT molecular complexity index is 576. The van der Waals surface area contributed by atoms with Crippen molar-refractivity contribution in [2.45, 2.75) is 20.8 Å². The first-order chi connectivity index (χ1) is 8.49. The van der Waals surface area contributed by atoms with Crippen LogP contribution in [0.2, 0.25) is 0 Å². The van der Waals surface area contributed by atoms with E-state index in [-0.39, 0.29) is 0 Å². The third-order valence-electron chi connectivity index (χ3n) is 3.19. The SMILES string of the molecule is Cc1ccc(N(C)c2cc(C)c(N)cn2)c(C)c1. The van der Waals surface area contributed by atoms with Crippen LogP contribution >= 0.6 is 0 Å². The number of pyridine rings is 1. The van der Waals surface area contributed by atoms with Gasteiger partial charge in [-0.25, -0.2) is 4.98 Å². The van der Waals surface area contributed by atoms with Crippen molar-refractivity contribution >= 4 is 17.2 Å². The molecule has 2 rings (SSSR count). The van der Waals surface area contributed by atoms with Crippen molar-refractivity contribution < 1.29 is 0 Å². The normalized spacial score (nSPS) is 10.4. The minimum Gasteiger partial charge on any atom is -0.397 e. The molecule has 3 nitrogen and oxygen atoms in total. The number of nitrogens with two attached hydrogens (primary N) is 1. The molecule has 0 aliphatic rings. The average molecular weight is 241 g/mol. The lowest BCUT2D eigenvalue weighted by atomic mass is 10.1. The summed E-state index contributed by atoms with van der Waals surface area (Å²) >= 11 is 0. The fourth-order valence-electron chi connectivity index (χ4n) is 2.04. The molecular formula is C15H19N3. The maximum absolute atomic E-state index is 5.80. The van der Waals surface area contributed by atoms with Crippen LogP contribution < -0.4 is 10.6 Å². The molecule has 1 heterocycles. The van der Waals surface area contributed by atoms with Gasteiger partial charge in [0.15, 0.2) is 0 Å². The number of rotatable bonds is 2. The van der Waals surface area contributed by atoms with Crippen LogP contribution in [0.15, 0.2) is 30.5 Å². The molecule has 0 atom stereocenters. The van der Waals surface area contributed by atoms with E-state index in [0.29, 0.717) is 0 Å². The van der Waals surface area contributed by atoms with Gasteiger partial charge < -0.3 is 10.6 Å². The molecule has 0 spiro atoms. The molecule has 1 aromatic heterocycles. The third kappa shape index (κ3) is 2.30. The summed E-state index contributed by atoms with van der Waals surface area (Å²) in [6, 6.07) is 8.42. The van der Waals surface area contributed by atoms with Crippen LogP contribution in [0.4, 0.5) is 17.2 Å². The van der Waals surface area contributed by atoms with Crippen molar-refractivity contribution in [1.82, 2.24) is 4.98 Å². The zero-order valence-corrected chi connectivity index (χ0v) is 11.4. The molecule has 2 N–H and O–H groups in total. The highest BCUT2D eigenvalue weighted by molar-refractivity contribution is 5.65. The van der Waals surface area contributed by atoms with Crippen LogP contribution in [-0.2, 0) is 0 Å². The molecule has 18 heavy (non-hydrogen) atoms. The van der Waals surface area contributed by atoms with Crippen molar-refractivity contribution in [3.05, 3.63) is 47.2 Å². The lowest BCUT2D eigenvalue weighted by molar-refractivity contribution is 1.11. The second kappa shape index (κ2) is 4.69. The lowest BCUT2D eigenvalue weighted by Crippen LogP contribution is -2.13. The highest BCUT2D eigenvalue weighted by atomic mass is 15.2. The smallest absolute Gasteiger partial charge is 0.133 e. The number of nitrogen functional groups attached to an aromatic ring is 1. The first-order valence-electron chi connectivity index (χ1n) is 6.02. The van der Waals surface area contributed by atoms with E-state index >= 15 is 0 Å². The van der Waals surface area contributed by atoms with E-state index in [1.54, 1.807) is 6.20 Å². The van der Waals surface area contributed by atoms with Crippen molar-refractivity contribution in [2.24, 2.45) is 0 Å². The molecule has 0 aliphatic heterocycles. The number of anilines is 3. The van der Waals surface area contributed by atoms with Gasteiger partial charge in [0.2, 0.25) is 0 Å². The molecule has 0 amide bonds. The van der Waals surface area contributed by atoms with Crippen LogP contribution in [0.5, 0.6) is 0 Å². The Balaban J connectivity index is 2.41. The molecule has 0 radical (unpaired) electrons. The van der Waals surface area contributed by atoms with Crippen molar-refractivity contribution in [2.75, 3.05) is 17.7 Å². The summed E-state index contributed by atoms with van der Waals surface area (Å²) in [6.07, 6.45) is 1.71. The van der Waals surface area contributed by atoms with Crippen LogP contribution in [0.1, 0.15) is 16.7 Å². The van der Waals surface area contributed by atoms with Crippen LogP contribution in [0.3, 0.4) is 0 Å². The Hall–Kier alpha value is -2.03. The zero-order valence-electron chi connectivity index (χ0n) is 11.4. The number of nitrogens with zero attached hydrogens (tertiary/aromatic N) is 2. The van der Waals surface area contributed by atoms with Crippen LogP contribution in [-0.4, -0.2) is 12.0 Å². The van der Waals surface area contributed by atoms with E-state index < -0.39 is 0 Å². The predicted molar refractivity (Wildman–Crippen MR) is 77.4 cm³/mol. The Kier molecular flexibility index (Phi) is 3.24.